The van der Waals surface area contributed by atoms with Crippen LogP contribution in [0.5, 0.6) is 0 Å². The van der Waals surface area contributed by atoms with E-state index in [4.69, 9.17) is 37.3 Å². The number of aromatic amines is 1. The first-order valence-electron chi connectivity index (χ1n) is 11.9. The number of H-pyrrole nitrogens is 1. The van der Waals surface area contributed by atoms with Gasteiger partial charge in [0.15, 0.2) is 22.7 Å². The maximum absolute atomic E-state index is 13.1. The molecule has 0 spiro atoms. The molecule has 1 unspecified atom stereocenters. The van der Waals surface area contributed by atoms with Crippen molar-refractivity contribution < 1.29 is 9.15 Å². The minimum atomic E-state index is -0.523. The summed E-state index contributed by atoms with van der Waals surface area (Å²) in [6, 6.07) is 18.4. The van der Waals surface area contributed by atoms with Gasteiger partial charge in [0.25, 0.3) is 5.56 Å². The number of halogens is 2. The summed E-state index contributed by atoms with van der Waals surface area (Å²) in [5.74, 6) is 1.46. The van der Waals surface area contributed by atoms with Crippen LogP contribution in [0.4, 0.5) is 0 Å². The van der Waals surface area contributed by atoms with E-state index >= 15 is 0 Å². The molecule has 4 heterocycles. The third-order valence-corrected chi connectivity index (χ3v) is 7.25. The zero-order valence-electron chi connectivity index (χ0n) is 19.6. The van der Waals surface area contributed by atoms with Crippen molar-refractivity contribution in [3.05, 3.63) is 97.1 Å². The Bertz CT molecular complexity index is 1710. The monoisotopic (exact) mass is 536 g/mol. The summed E-state index contributed by atoms with van der Waals surface area (Å²) in [5.41, 5.74) is 1.23. The van der Waals surface area contributed by atoms with Crippen molar-refractivity contribution in [1.29, 1.82) is 0 Å². The Balaban J connectivity index is 1.52. The lowest BCUT2D eigenvalue weighted by molar-refractivity contribution is 0.0981. The lowest BCUT2D eigenvalue weighted by atomic mass is 10.2. The van der Waals surface area contributed by atoms with E-state index in [1.165, 1.54) is 4.57 Å². The Morgan fingerprint density at radius 2 is 1.78 bits per heavy atom. The molecule has 0 radical (unpaired) electrons. The average molecular weight is 537 g/mol. The number of hydrogen-bond acceptors (Lipinski definition) is 5. The van der Waals surface area contributed by atoms with E-state index in [0.717, 1.165) is 24.0 Å². The molecule has 6 rings (SSSR count). The topological polar surface area (TPSA) is 95.0 Å². The lowest BCUT2D eigenvalue weighted by Gasteiger charge is -2.13. The van der Waals surface area contributed by atoms with E-state index in [1.807, 2.05) is 42.5 Å². The van der Waals surface area contributed by atoms with Gasteiger partial charge >= 0.3 is 5.69 Å². The van der Waals surface area contributed by atoms with Crippen molar-refractivity contribution in [3.8, 4) is 22.9 Å². The summed E-state index contributed by atoms with van der Waals surface area (Å²) in [6.45, 7) is 1.33. The summed E-state index contributed by atoms with van der Waals surface area (Å²) in [5, 5.41) is 0.866. The van der Waals surface area contributed by atoms with Gasteiger partial charge in [-0.05, 0) is 48.7 Å². The summed E-state index contributed by atoms with van der Waals surface area (Å²) in [4.78, 5) is 33.3. The molecular formula is C27H22Cl2N4O4. The summed E-state index contributed by atoms with van der Waals surface area (Å²) in [7, 11) is 0. The lowest BCUT2D eigenvalue weighted by Crippen LogP contribution is -2.32. The molecule has 3 aromatic heterocycles. The predicted molar refractivity (Wildman–Crippen MR) is 142 cm³/mol. The van der Waals surface area contributed by atoms with Gasteiger partial charge in [-0.15, -0.1) is 0 Å². The molecule has 1 saturated heterocycles. The molecule has 0 aliphatic carbocycles. The SMILES string of the molecule is O=c1[nH]c(=O)n(Cc2ccccc2)c2nc(-c3ccc(-c4ccc(Cl)c(Cl)c4)o3)n(CC3CCCO3)c12. The van der Waals surface area contributed by atoms with Crippen LogP contribution in [0, 0.1) is 0 Å². The standard InChI is InChI=1S/C27H22Cl2N4O4/c28-19-9-8-17(13-20(19)29)21-10-11-22(37-21)24-30-25-23(32(24)15-18-7-4-12-36-18)26(34)31-27(35)33(25)14-16-5-2-1-3-6-16/h1-3,5-6,8-11,13,18H,4,7,12,14-15H2,(H,31,34,35). The second-order valence-corrected chi connectivity index (χ2v) is 9.79. The number of nitrogens with one attached hydrogen (secondary N) is 1. The van der Waals surface area contributed by atoms with Gasteiger partial charge in [-0.3, -0.25) is 14.3 Å². The van der Waals surface area contributed by atoms with E-state index in [1.54, 1.807) is 22.8 Å². The number of nitrogens with zero attached hydrogens (tertiary/aromatic N) is 3. The quantitative estimate of drug-likeness (QED) is 0.315. The van der Waals surface area contributed by atoms with Gasteiger partial charge in [-0.1, -0.05) is 53.5 Å². The van der Waals surface area contributed by atoms with E-state index < -0.39 is 11.2 Å². The Labute approximate surface area is 221 Å². The van der Waals surface area contributed by atoms with Gasteiger partial charge in [0.2, 0.25) is 0 Å². The normalized spacial score (nSPS) is 15.6. The van der Waals surface area contributed by atoms with Crippen molar-refractivity contribution in [1.82, 2.24) is 19.1 Å². The van der Waals surface area contributed by atoms with Crippen LogP contribution in [0.1, 0.15) is 18.4 Å². The molecule has 2 aromatic carbocycles. The van der Waals surface area contributed by atoms with E-state index in [-0.39, 0.29) is 18.3 Å². The fourth-order valence-corrected chi connectivity index (χ4v) is 5.00. The Morgan fingerprint density at radius 3 is 2.54 bits per heavy atom. The summed E-state index contributed by atoms with van der Waals surface area (Å²) in [6.07, 6.45) is 1.74. The highest BCUT2D eigenvalue weighted by Gasteiger charge is 2.25. The molecule has 0 bridgehead atoms. The van der Waals surface area contributed by atoms with Gasteiger partial charge in [0.05, 0.1) is 29.2 Å². The molecule has 0 amide bonds. The first-order chi connectivity index (χ1) is 18.0. The fraction of sp³-hybridized carbons (Fsp3) is 0.222. The van der Waals surface area contributed by atoms with Crippen molar-refractivity contribution in [2.45, 2.75) is 32.0 Å². The minimum Gasteiger partial charge on any atom is -0.453 e. The second-order valence-electron chi connectivity index (χ2n) is 8.98. The first kappa shape index (κ1) is 23.8. The number of aromatic nitrogens is 4. The van der Waals surface area contributed by atoms with Crippen molar-refractivity contribution >= 4 is 34.4 Å². The molecular weight excluding hydrogens is 515 g/mol. The summed E-state index contributed by atoms with van der Waals surface area (Å²) >= 11 is 12.3. The molecule has 10 heteroatoms. The zero-order valence-corrected chi connectivity index (χ0v) is 21.1. The smallest absolute Gasteiger partial charge is 0.330 e. The number of furan rings is 1. The highest BCUT2D eigenvalue weighted by atomic mass is 35.5. The number of rotatable bonds is 6. The number of hydrogen-bond donors (Lipinski definition) is 1. The molecule has 1 aliphatic rings. The van der Waals surface area contributed by atoms with E-state index in [9.17, 15) is 9.59 Å². The van der Waals surface area contributed by atoms with Crippen LogP contribution < -0.4 is 11.2 Å². The van der Waals surface area contributed by atoms with Gasteiger partial charge in [-0.25, -0.2) is 9.78 Å². The molecule has 1 fully saturated rings. The van der Waals surface area contributed by atoms with Gasteiger partial charge in [0.1, 0.15) is 5.76 Å². The third kappa shape index (κ3) is 4.52. The number of ether oxygens (including phenoxy) is 1. The molecule has 1 N–H and O–H groups in total. The maximum Gasteiger partial charge on any atom is 0.330 e. The maximum atomic E-state index is 13.1. The third-order valence-electron chi connectivity index (χ3n) is 6.51. The van der Waals surface area contributed by atoms with Crippen LogP contribution in [0.3, 0.4) is 0 Å². The highest BCUT2D eigenvalue weighted by molar-refractivity contribution is 6.42. The Hall–Kier alpha value is -3.59. The molecule has 1 aliphatic heterocycles. The number of fused-ring (bicyclic) bond motifs is 1. The van der Waals surface area contributed by atoms with Gasteiger partial charge in [-0.2, -0.15) is 0 Å². The van der Waals surface area contributed by atoms with Crippen LogP contribution in [0.2, 0.25) is 10.0 Å². The molecule has 37 heavy (non-hydrogen) atoms. The summed E-state index contributed by atoms with van der Waals surface area (Å²) < 4.78 is 15.3. The molecule has 5 aromatic rings. The van der Waals surface area contributed by atoms with Crippen molar-refractivity contribution in [3.63, 3.8) is 0 Å². The molecule has 0 saturated carbocycles. The van der Waals surface area contributed by atoms with Crippen molar-refractivity contribution in [2.24, 2.45) is 0 Å². The van der Waals surface area contributed by atoms with Crippen molar-refractivity contribution in [2.75, 3.05) is 6.61 Å². The van der Waals surface area contributed by atoms with E-state index in [2.05, 4.69) is 4.98 Å². The van der Waals surface area contributed by atoms with Gasteiger partial charge < -0.3 is 13.7 Å². The largest absolute Gasteiger partial charge is 0.453 e. The number of imidazole rings is 1. The zero-order chi connectivity index (χ0) is 25.5. The number of benzene rings is 2. The van der Waals surface area contributed by atoms with E-state index in [0.29, 0.717) is 46.1 Å². The fourth-order valence-electron chi connectivity index (χ4n) is 4.71. The average Bonchev–Trinajstić information content (AvgIpc) is 3.65. The molecule has 188 valence electrons. The highest BCUT2D eigenvalue weighted by Crippen LogP contribution is 2.33. The predicted octanol–water partition coefficient (Wildman–Crippen LogP) is 5.35. The molecule has 8 nitrogen and oxygen atoms in total. The Morgan fingerprint density at radius 1 is 0.973 bits per heavy atom. The van der Waals surface area contributed by atoms with Crippen LogP contribution in [0.25, 0.3) is 34.1 Å². The van der Waals surface area contributed by atoms with Crippen LogP contribution >= 0.6 is 23.2 Å². The Kier molecular flexibility index (Phi) is 6.24. The van der Waals surface area contributed by atoms with Crippen LogP contribution in [0.15, 0.2) is 74.7 Å². The molecule has 1 atom stereocenters. The van der Waals surface area contributed by atoms with Gasteiger partial charge in [0, 0.05) is 12.2 Å². The second kappa shape index (κ2) is 9.70. The van der Waals surface area contributed by atoms with Crippen LogP contribution in [-0.4, -0.2) is 31.8 Å². The first-order valence-corrected chi connectivity index (χ1v) is 12.7. The van der Waals surface area contributed by atoms with Crippen LogP contribution in [-0.2, 0) is 17.8 Å². The minimum absolute atomic E-state index is 0.0745.